The quantitative estimate of drug-likeness (QED) is 0.883. The lowest BCUT2D eigenvalue weighted by Crippen LogP contribution is -2.13. The Morgan fingerprint density at radius 2 is 2.18 bits per heavy atom. The second-order valence-electron chi connectivity index (χ2n) is 3.96. The van der Waals surface area contributed by atoms with Crippen molar-refractivity contribution in [2.24, 2.45) is 0 Å². The van der Waals surface area contributed by atoms with Crippen LogP contribution in [0.2, 0.25) is 0 Å². The van der Waals surface area contributed by atoms with Crippen molar-refractivity contribution < 1.29 is 9.90 Å². The van der Waals surface area contributed by atoms with E-state index in [-0.39, 0.29) is 0 Å². The van der Waals surface area contributed by atoms with E-state index in [9.17, 15) is 4.79 Å². The predicted molar refractivity (Wildman–Crippen MR) is 65.4 cm³/mol. The Morgan fingerprint density at radius 1 is 1.35 bits per heavy atom. The predicted octanol–water partition coefficient (Wildman–Crippen LogP) is 2.36. The topological polar surface area (TPSA) is 53.4 Å². The molecule has 2 heterocycles. The summed E-state index contributed by atoms with van der Waals surface area (Å²) in [7, 11) is 0. The average Bonchev–Trinajstić information content (AvgIpc) is 2.96. The fourth-order valence-electron chi connectivity index (χ4n) is 2.03. The SMILES string of the molecule is O=C(O)c1ccc2c(c1)CN(c1nccs1)C2. The van der Waals surface area contributed by atoms with Crippen LogP contribution in [-0.4, -0.2) is 16.1 Å². The van der Waals surface area contributed by atoms with Crippen LogP contribution in [0.3, 0.4) is 0 Å². The summed E-state index contributed by atoms with van der Waals surface area (Å²) in [5.41, 5.74) is 2.62. The summed E-state index contributed by atoms with van der Waals surface area (Å²) < 4.78 is 0. The standard InChI is InChI=1S/C12H10N2O2S/c15-11(16)8-1-2-9-6-14(7-10(9)5-8)12-13-3-4-17-12/h1-5H,6-7H2,(H,15,16). The van der Waals surface area contributed by atoms with Crippen molar-refractivity contribution in [2.75, 3.05) is 4.90 Å². The van der Waals surface area contributed by atoms with Gasteiger partial charge in [0, 0.05) is 24.7 Å². The molecule has 0 saturated heterocycles. The Hall–Kier alpha value is -1.88. The lowest BCUT2D eigenvalue weighted by atomic mass is 10.1. The number of hydrogen-bond acceptors (Lipinski definition) is 4. The van der Waals surface area contributed by atoms with Gasteiger partial charge < -0.3 is 10.0 Å². The van der Waals surface area contributed by atoms with Gasteiger partial charge in [-0.1, -0.05) is 6.07 Å². The van der Waals surface area contributed by atoms with Crippen LogP contribution in [-0.2, 0) is 13.1 Å². The fourth-order valence-corrected chi connectivity index (χ4v) is 2.68. The molecule has 0 spiro atoms. The molecule has 0 fully saturated rings. The van der Waals surface area contributed by atoms with Crippen molar-refractivity contribution in [3.63, 3.8) is 0 Å². The molecule has 0 unspecified atom stereocenters. The zero-order chi connectivity index (χ0) is 11.8. The molecule has 17 heavy (non-hydrogen) atoms. The minimum Gasteiger partial charge on any atom is -0.478 e. The normalized spacial score (nSPS) is 13.8. The first-order valence-corrected chi connectivity index (χ1v) is 6.11. The van der Waals surface area contributed by atoms with E-state index in [1.807, 2.05) is 11.4 Å². The zero-order valence-corrected chi connectivity index (χ0v) is 9.78. The number of anilines is 1. The van der Waals surface area contributed by atoms with Gasteiger partial charge in [0.15, 0.2) is 5.13 Å². The summed E-state index contributed by atoms with van der Waals surface area (Å²) in [6.45, 7) is 1.55. The van der Waals surface area contributed by atoms with Gasteiger partial charge in [-0.15, -0.1) is 11.3 Å². The first kappa shape index (κ1) is 10.3. The maximum atomic E-state index is 10.9. The molecule has 86 valence electrons. The monoisotopic (exact) mass is 246 g/mol. The van der Waals surface area contributed by atoms with Gasteiger partial charge in [-0.2, -0.15) is 0 Å². The first-order chi connectivity index (χ1) is 8.24. The highest BCUT2D eigenvalue weighted by atomic mass is 32.1. The van der Waals surface area contributed by atoms with Crippen molar-refractivity contribution in [1.29, 1.82) is 0 Å². The number of benzene rings is 1. The van der Waals surface area contributed by atoms with E-state index < -0.39 is 5.97 Å². The van der Waals surface area contributed by atoms with Crippen LogP contribution in [0, 0.1) is 0 Å². The Balaban J connectivity index is 1.91. The molecule has 0 radical (unpaired) electrons. The van der Waals surface area contributed by atoms with Crippen LogP contribution in [0.1, 0.15) is 21.5 Å². The highest BCUT2D eigenvalue weighted by molar-refractivity contribution is 7.13. The molecule has 5 heteroatoms. The maximum absolute atomic E-state index is 10.9. The molecule has 1 aromatic heterocycles. The van der Waals surface area contributed by atoms with E-state index in [1.54, 1.807) is 29.7 Å². The van der Waals surface area contributed by atoms with Gasteiger partial charge in [-0.3, -0.25) is 0 Å². The Morgan fingerprint density at radius 3 is 2.88 bits per heavy atom. The van der Waals surface area contributed by atoms with E-state index in [0.29, 0.717) is 5.56 Å². The summed E-state index contributed by atoms with van der Waals surface area (Å²) in [4.78, 5) is 17.3. The van der Waals surface area contributed by atoms with Crippen LogP contribution in [0.25, 0.3) is 0 Å². The number of thiazole rings is 1. The number of nitrogens with zero attached hydrogens (tertiary/aromatic N) is 2. The van der Waals surface area contributed by atoms with Crippen LogP contribution < -0.4 is 4.90 Å². The van der Waals surface area contributed by atoms with Gasteiger partial charge in [0.2, 0.25) is 0 Å². The number of rotatable bonds is 2. The van der Waals surface area contributed by atoms with E-state index >= 15 is 0 Å². The fraction of sp³-hybridized carbons (Fsp3) is 0.167. The molecular formula is C12H10N2O2S. The highest BCUT2D eigenvalue weighted by Gasteiger charge is 2.21. The van der Waals surface area contributed by atoms with Crippen LogP contribution in [0.15, 0.2) is 29.8 Å². The number of aromatic nitrogens is 1. The average molecular weight is 246 g/mol. The molecule has 0 amide bonds. The van der Waals surface area contributed by atoms with E-state index in [4.69, 9.17) is 5.11 Å². The number of fused-ring (bicyclic) bond motifs is 1. The van der Waals surface area contributed by atoms with Gasteiger partial charge in [-0.25, -0.2) is 9.78 Å². The summed E-state index contributed by atoms with van der Waals surface area (Å²) >= 11 is 1.60. The molecular weight excluding hydrogens is 236 g/mol. The van der Waals surface area contributed by atoms with Gasteiger partial charge in [0.1, 0.15) is 0 Å². The van der Waals surface area contributed by atoms with Gasteiger partial charge in [0.25, 0.3) is 0 Å². The lowest BCUT2D eigenvalue weighted by Gasteiger charge is -2.12. The molecule has 1 N–H and O–H groups in total. The first-order valence-electron chi connectivity index (χ1n) is 5.23. The molecule has 0 atom stereocenters. The third-order valence-corrected chi connectivity index (χ3v) is 3.70. The number of carbonyl (C=O) groups is 1. The summed E-state index contributed by atoms with van der Waals surface area (Å²) in [6, 6.07) is 5.31. The van der Waals surface area contributed by atoms with E-state index in [1.165, 1.54) is 5.56 Å². The van der Waals surface area contributed by atoms with Gasteiger partial charge >= 0.3 is 5.97 Å². The number of carboxylic acid groups (broad SMARTS) is 1. The van der Waals surface area contributed by atoms with Crippen LogP contribution in [0.5, 0.6) is 0 Å². The largest absolute Gasteiger partial charge is 0.478 e. The highest BCUT2D eigenvalue weighted by Crippen LogP contribution is 2.29. The minimum atomic E-state index is -0.875. The lowest BCUT2D eigenvalue weighted by molar-refractivity contribution is 0.0697. The van der Waals surface area contributed by atoms with Crippen molar-refractivity contribution in [1.82, 2.24) is 4.98 Å². The van der Waals surface area contributed by atoms with Crippen LogP contribution in [0.4, 0.5) is 5.13 Å². The van der Waals surface area contributed by atoms with E-state index in [0.717, 1.165) is 23.8 Å². The summed E-state index contributed by atoms with van der Waals surface area (Å²) in [6.07, 6.45) is 1.78. The van der Waals surface area contributed by atoms with E-state index in [2.05, 4.69) is 9.88 Å². The molecule has 3 rings (SSSR count). The molecule has 1 aliphatic heterocycles. The van der Waals surface area contributed by atoms with Crippen LogP contribution >= 0.6 is 11.3 Å². The maximum Gasteiger partial charge on any atom is 0.335 e. The molecule has 1 aliphatic rings. The second kappa shape index (κ2) is 3.85. The second-order valence-corrected chi connectivity index (χ2v) is 4.83. The van der Waals surface area contributed by atoms with Crippen molar-refractivity contribution in [3.8, 4) is 0 Å². The number of carboxylic acids is 1. The smallest absolute Gasteiger partial charge is 0.335 e. The molecule has 1 aromatic carbocycles. The number of aromatic carboxylic acids is 1. The van der Waals surface area contributed by atoms with Crippen molar-refractivity contribution >= 4 is 22.4 Å². The minimum absolute atomic E-state index is 0.352. The molecule has 2 aromatic rings. The third kappa shape index (κ3) is 1.78. The Labute approximate surface area is 102 Å². The zero-order valence-electron chi connectivity index (χ0n) is 8.96. The molecule has 0 saturated carbocycles. The van der Waals surface area contributed by atoms with Crippen molar-refractivity contribution in [2.45, 2.75) is 13.1 Å². The molecule has 0 aliphatic carbocycles. The summed E-state index contributed by atoms with van der Waals surface area (Å²) in [5.74, 6) is -0.875. The van der Waals surface area contributed by atoms with Gasteiger partial charge in [0.05, 0.1) is 5.56 Å². The number of hydrogen-bond donors (Lipinski definition) is 1. The Bertz CT molecular complexity index is 566. The summed E-state index contributed by atoms with van der Waals surface area (Å²) in [5, 5.41) is 11.9. The molecule has 0 bridgehead atoms. The third-order valence-electron chi connectivity index (χ3n) is 2.87. The van der Waals surface area contributed by atoms with Gasteiger partial charge in [-0.05, 0) is 23.3 Å². The Kier molecular flexibility index (Phi) is 2.33. The molecule has 4 nitrogen and oxygen atoms in total. The van der Waals surface area contributed by atoms with Crippen molar-refractivity contribution in [3.05, 3.63) is 46.5 Å².